The maximum Gasteiger partial charge on any atom is 0.123 e. The molecule has 0 saturated carbocycles. The fourth-order valence-electron chi connectivity index (χ4n) is 2.30. The number of benzene rings is 2. The first kappa shape index (κ1) is 16.3. The summed E-state index contributed by atoms with van der Waals surface area (Å²) in [6.45, 7) is 3.63. The van der Waals surface area contributed by atoms with E-state index in [-0.39, 0.29) is 11.7 Å². The average Bonchev–Trinajstić information content (AvgIpc) is 2.53. The van der Waals surface area contributed by atoms with Gasteiger partial charge in [0.05, 0.1) is 13.2 Å². The highest BCUT2D eigenvalue weighted by Crippen LogP contribution is 2.22. The normalized spacial score (nSPS) is 12.0. The number of halogens is 1. The Morgan fingerprint density at radius 2 is 1.73 bits per heavy atom. The summed E-state index contributed by atoms with van der Waals surface area (Å²) in [6.07, 6.45) is 0.779. The summed E-state index contributed by atoms with van der Waals surface area (Å²) in [5, 5.41) is 0. The fourth-order valence-corrected chi connectivity index (χ4v) is 2.30. The van der Waals surface area contributed by atoms with Crippen LogP contribution in [0.25, 0.3) is 0 Å². The molecule has 0 fully saturated rings. The average molecular weight is 303 g/mol. The first-order valence-electron chi connectivity index (χ1n) is 7.54. The molecule has 3 nitrogen and oxygen atoms in total. The molecule has 0 bridgehead atoms. The third-order valence-corrected chi connectivity index (χ3v) is 3.48. The van der Waals surface area contributed by atoms with Gasteiger partial charge in [-0.2, -0.15) is 0 Å². The molecule has 2 aromatic carbocycles. The molecule has 0 amide bonds. The van der Waals surface area contributed by atoms with Crippen LogP contribution in [0.3, 0.4) is 0 Å². The topological polar surface area (TPSA) is 44.5 Å². The van der Waals surface area contributed by atoms with Crippen LogP contribution in [0.1, 0.15) is 24.8 Å². The van der Waals surface area contributed by atoms with Gasteiger partial charge in [-0.15, -0.1) is 0 Å². The maximum atomic E-state index is 13.0. The summed E-state index contributed by atoms with van der Waals surface area (Å²) < 4.78 is 24.2. The first-order valence-corrected chi connectivity index (χ1v) is 7.54. The van der Waals surface area contributed by atoms with Crippen LogP contribution in [-0.2, 0) is 0 Å². The lowest BCUT2D eigenvalue weighted by atomic mass is 9.96. The van der Waals surface area contributed by atoms with E-state index in [1.807, 2.05) is 31.2 Å². The van der Waals surface area contributed by atoms with E-state index < -0.39 is 0 Å². The Hall–Kier alpha value is -2.07. The van der Waals surface area contributed by atoms with Crippen molar-refractivity contribution in [3.8, 4) is 11.5 Å². The van der Waals surface area contributed by atoms with Crippen LogP contribution >= 0.6 is 0 Å². The van der Waals surface area contributed by atoms with Gasteiger partial charge in [0.1, 0.15) is 17.3 Å². The largest absolute Gasteiger partial charge is 0.494 e. The third kappa shape index (κ3) is 4.74. The van der Waals surface area contributed by atoms with Gasteiger partial charge in [0.15, 0.2) is 0 Å². The number of rotatable bonds is 8. The van der Waals surface area contributed by atoms with Crippen molar-refractivity contribution in [2.24, 2.45) is 5.73 Å². The predicted molar refractivity (Wildman–Crippen MR) is 85.9 cm³/mol. The lowest BCUT2D eigenvalue weighted by molar-refractivity contribution is 0.293. The predicted octanol–water partition coefficient (Wildman–Crippen LogP) is 3.74. The molecule has 0 aliphatic carbocycles. The molecule has 2 N–H and O–H groups in total. The highest BCUT2D eigenvalue weighted by molar-refractivity contribution is 5.33. The molecule has 0 saturated heterocycles. The summed E-state index contributed by atoms with van der Waals surface area (Å²) in [4.78, 5) is 0. The summed E-state index contributed by atoms with van der Waals surface area (Å²) in [7, 11) is 0. The summed E-state index contributed by atoms with van der Waals surface area (Å²) in [6, 6.07) is 14.1. The molecule has 1 unspecified atom stereocenters. The Morgan fingerprint density at radius 3 is 2.36 bits per heavy atom. The van der Waals surface area contributed by atoms with Gasteiger partial charge in [-0.05, 0) is 55.6 Å². The van der Waals surface area contributed by atoms with Crippen molar-refractivity contribution in [3.63, 3.8) is 0 Å². The quantitative estimate of drug-likeness (QED) is 0.808. The van der Waals surface area contributed by atoms with Crippen molar-refractivity contribution in [3.05, 3.63) is 59.9 Å². The van der Waals surface area contributed by atoms with Crippen LogP contribution in [0.15, 0.2) is 48.5 Å². The molecule has 2 aromatic rings. The molecule has 118 valence electrons. The minimum Gasteiger partial charge on any atom is -0.494 e. The second-order valence-corrected chi connectivity index (χ2v) is 5.03. The van der Waals surface area contributed by atoms with Crippen LogP contribution in [0.2, 0.25) is 0 Å². The SMILES string of the molecule is CCOc1cccc(OCCC(CN)c2ccc(F)cc2)c1. The van der Waals surface area contributed by atoms with Crippen LogP contribution in [0.5, 0.6) is 11.5 Å². The molecule has 0 aromatic heterocycles. The Bertz CT molecular complexity index is 572. The van der Waals surface area contributed by atoms with Gasteiger partial charge in [-0.25, -0.2) is 4.39 Å². The molecular weight excluding hydrogens is 281 g/mol. The lowest BCUT2D eigenvalue weighted by Crippen LogP contribution is -2.15. The van der Waals surface area contributed by atoms with E-state index in [1.165, 1.54) is 12.1 Å². The lowest BCUT2D eigenvalue weighted by Gasteiger charge is -2.16. The monoisotopic (exact) mass is 303 g/mol. The van der Waals surface area contributed by atoms with Crippen LogP contribution in [-0.4, -0.2) is 19.8 Å². The van der Waals surface area contributed by atoms with Crippen LogP contribution in [0.4, 0.5) is 4.39 Å². The summed E-state index contributed by atoms with van der Waals surface area (Å²) in [5.74, 6) is 1.51. The number of hydrogen-bond donors (Lipinski definition) is 1. The van der Waals surface area contributed by atoms with E-state index in [9.17, 15) is 4.39 Å². The number of nitrogens with two attached hydrogens (primary N) is 1. The molecule has 1 atom stereocenters. The van der Waals surface area contributed by atoms with Crippen molar-refractivity contribution in [1.82, 2.24) is 0 Å². The molecule has 0 radical (unpaired) electrons. The van der Waals surface area contributed by atoms with Crippen molar-refractivity contribution in [1.29, 1.82) is 0 Å². The van der Waals surface area contributed by atoms with E-state index >= 15 is 0 Å². The van der Waals surface area contributed by atoms with E-state index in [2.05, 4.69) is 0 Å². The van der Waals surface area contributed by atoms with Crippen molar-refractivity contribution in [2.45, 2.75) is 19.3 Å². The molecule has 0 aliphatic heterocycles. The highest BCUT2D eigenvalue weighted by Gasteiger charge is 2.10. The van der Waals surface area contributed by atoms with Gasteiger partial charge < -0.3 is 15.2 Å². The van der Waals surface area contributed by atoms with E-state index in [4.69, 9.17) is 15.2 Å². The summed E-state index contributed by atoms with van der Waals surface area (Å²) >= 11 is 0. The fraction of sp³-hybridized carbons (Fsp3) is 0.333. The third-order valence-electron chi connectivity index (χ3n) is 3.48. The molecule has 0 spiro atoms. The van der Waals surface area contributed by atoms with Gasteiger partial charge in [-0.3, -0.25) is 0 Å². The second-order valence-electron chi connectivity index (χ2n) is 5.03. The van der Waals surface area contributed by atoms with E-state index in [0.29, 0.717) is 19.8 Å². The molecular formula is C18H22FNO2. The van der Waals surface area contributed by atoms with Gasteiger partial charge in [0, 0.05) is 6.07 Å². The highest BCUT2D eigenvalue weighted by atomic mass is 19.1. The minimum absolute atomic E-state index is 0.163. The Morgan fingerprint density at radius 1 is 1.05 bits per heavy atom. The van der Waals surface area contributed by atoms with E-state index in [0.717, 1.165) is 23.5 Å². The van der Waals surface area contributed by atoms with E-state index in [1.54, 1.807) is 12.1 Å². The molecule has 2 rings (SSSR count). The zero-order valence-electron chi connectivity index (χ0n) is 12.8. The molecule has 4 heteroatoms. The van der Waals surface area contributed by atoms with Crippen molar-refractivity contribution >= 4 is 0 Å². The van der Waals surface area contributed by atoms with Crippen molar-refractivity contribution < 1.29 is 13.9 Å². The molecule has 22 heavy (non-hydrogen) atoms. The summed E-state index contributed by atoms with van der Waals surface area (Å²) in [5.41, 5.74) is 6.85. The number of hydrogen-bond acceptors (Lipinski definition) is 3. The van der Waals surface area contributed by atoms with Crippen molar-refractivity contribution in [2.75, 3.05) is 19.8 Å². The second kappa shape index (κ2) is 8.39. The zero-order valence-corrected chi connectivity index (χ0v) is 12.8. The van der Waals surface area contributed by atoms with Gasteiger partial charge in [0.25, 0.3) is 0 Å². The van der Waals surface area contributed by atoms with Gasteiger partial charge >= 0.3 is 0 Å². The molecule has 0 aliphatic rings. The smallest absolute Gasteiger partial charge is 0.123 e. The van der Waals surface area contributed by atoms with Crippen LogP contribution < -0.4 is 15.2 Å². The maximum absolute atomic E-state index is 13.0. The van der Waals surface area contributed by atoms with Crippen LogP contribution in [0, 0.1) is 5.82 Å². The zero-order chi connectivity index (χ0) is 15.8. The Labute approximate surface area is 130 Å². The first-order chi connectivity index (χ1) is 10.7. The Balaban J connectivity index is 1.88. The molecule has 0 heterocycles. The minimum atomic E-state index is -0.233. The van der Waals surface area contributed by atoms with Gasteiger partial charge in [-0.1, -0.05) is 18.2 Å². The Kier molecular flexibility index (Phi) is 6.22. The standard InChI is InChI=1S/C18H22FNO2/c1-2-21-17-4-3-5-18(12-17)22-11-10-15(13-20)14-6-8-16(19)9-7-14/h3-9,12,15H,2,10-11,13,20H2,1H3. The van der Waals surface area contributed by atoms with Gasteiger partial charge in [0.2, 0.25) is 0 Å². The number of ether oxygens (including phenoxy) is 2.